The molecule has 0 bridgehead atoms. The van der Waals surface area contributed by atoms with Gasteiger partial charge in [0.25, 0.3) is 0 Å². The van der Waals surface area contributed by atoms with Crippen LogP contribution in [0.15, 0.2) is 30.3 Å². The Kier molecular flexibility index (Phi) is 7.21. The molecule has 1 N–H and O–H groups in total. The van der Waals surface area contributed by atoms with Crippen molar-refractivity contribution in [3.8, 4) is 0 Å². The van der Waals surface area contributed by atoms with Crippen LogP contribution in [-0.4, -0.2) is 54.2 Å². The van der Waals surface area contributed by atoms with Gasteiger partial charge in [-0.1, -0.05) is 30.3 Å². The lowest BCUT2D eigenvalue weighted by Crippen LogP contribution is -2.49. The van der Waals surface area contributed by atoms with Gasteiger partial charge in [-0.25, -0.2) is 0 Å². The van der Waals surface area contributed by atoms with Gasteiger partial charge in [0.1, 0.15) is 0 Å². The normalized spacial score (nSPS) is 28.0. The van der Waals surface area contributed by atoms with Crippen molar-refractivity contribution in [1.29, 1.82) is 0 Å². The van der Waals surface area contributed by atoms with Crippen molar-refractivity contribution in [3.05, 3.63) is 35.9 Å². The first-order valence-corrected chi connectivity index (χ1v) is 9.16. The van der Waals surface area contributed by atoms with Gasteiger partial charge in [0.05, 0.1) is 18.8 Å². The first-order valence-electron chi connectivity index (χ1n) is 8.01. The van der Waals surface area contributed by atoms with Gasteiger partial charge in [0, 0.05) is 37.1 Å². The van der Waals surface area contributed by atoms with E-state index in [0.29, 0.717) is 25.6 Å². The van der Waals surface area contributed by atoms with Gasteiger partial charge >= 0.3 is 0 Å². The SMILES string of the molecule is CC1CN(C(=O)CC2CSCCN2)C(c2ccccc2)CO1.Cl. The van der Waals surface area contributed by atoms with Crippen molar-refractivity contribution < 1.29 is 9.53 Å². The third-order valence-electron chi connectivity index (χ3n) is 4.29. The number of hydrogen-bond acceptors (Lipinski definition) is 4. The summed E-state index contributed by atoms with van der Waals surface area (Å²) in [5, 5.41) is 3.46. The smallest absolute Gasteiger partial charge is 0.224 e. The molecule has 0 aromatic heterocycles. The Labute approximate surface area is 148 Å². The molecule has 0 spiro atoms. The highest BCUT2D eigenvalue weighted by molar-refractivity contribution is 7.99. The van der Waals surface area contributed by atoms with Crippen LogP contribution >= 0.6 is 24.2 Å². The molecule has 3 rings (SSSR count). The number of rotatable bonds is 3. The van der Waals surface area contributed by atoms with Gasteiger partial charge in [0.2, 0.25) is 5.91 Å². The second kappa shape index (κ2) is 8.92. The van der Waals surface area contributed by atoms with Gasteiger partial charge in [-0.2, -0.15) is 11.8 Å². The zero-order chi connectivity index (χ0) is 15.4. The number of hydrogen-bond donors (Lipinski definition) is 1. The summed E-state index contributed by atoms with van der Waals surface area (Å²) in [6.07, 6.45) is 0.695. The van der Waals surface area contributed by atoms with E-state index in [2.05, 4.69) is 17.4 Å². The molecule has 1 amide bonds. The summed E-state index contributed by atoms with van der Waals surface area (Å²) in [6, 6.07) is 10.6. The zero-order valence-corrected chi connectivity index (χ0v) is 15.1. The van der Waals surface area contributed by atoms with Crippen molar-refractivity contribution in [1.82, 2.24) is 10.2 Å². The number of carbonyl (C=O) groups excluding carboxylic acids is 1. The Hall–Kier alpha value is -0.750. The van der Waals surface area contributed by atoms with E-state index >= 15 is 0 Å². The molecule has 0 aliphatic carbocycles. The molecule has 2 aliphatic rings. The van der Waals surface area contributed by atoms with Crippen LogP contribution in [0.3, 0.4) is 0 Å². The first kappa shape index (κ1) is 18.6. The molecular formula is C17H25ClN2O2S. The maximum Gasteiger partial charge on any atom is 0.224 e. The van der Waals surface area contributed by atoms with Crippen LogP contribution in [0, 0.1) is 0 Å². The molecular weight excluding hydrogens is 332 g/mol. The maximum absolute atomic E-state index is 12.8. The summed E-state index contributed by atoms with van der Waals surface area (Å²) in [7, 11) is 0. The number of nitrogens with one attached hydrogen (secondary N) is 1. The molecule has 2 saturated heterocycles. The number of morpholine rings is 1. The monoisotopic (exact) mass is 356 g/mol. The van der Waals surface area contributed by atoms with E-state index in [1.807, 2.05) is 41.8 Å². The van der Waals surface area contributed by atoms with E-state index in [9.17, 15) is 4.79 Å². The van der Waals surface area contributed by atoms with Crippen molar-refractivity contribution in [3.63, 3.8) is 0 Å². The van der Waals surface area contributed by atoms with Gasteiger partial charge in [0.15, 0.2) is 0 Å². The summed E-state index contributed by atoms with van der Waals surface area (Å²) in [5.74, 6) is 2.41. The van der Waals surface area contributed by atoms with E-state index in [4.69, 9.17) is 4.74 Å². The number of halogens is 1. The van der Waals surface area contributed by atoms with Crippen LogP contribution < -0.4 is 5.32 Å². The molecule has 3 atom stereocenters. The molecule has 2 fully saturated rings. The fourth-order valence-corrected chi connectivity index (χ4v) is 4.06. The average molecular weight is 357 g/mol. The standard InChI is InChI=1S/C17H24N2O2S.ClH/c1-13-10-19(17(20)9-15-12-22-8-7-18-15)16(11-21-13)14-5-3-2-4-6-14;/h2-6,13,15-16,18H,7-12H2,1H3;1H. The van der Waals surface area contributed by atoms with E-state index in [1.54, 1.807) is 0 Å². The molecule has 1 aromatic rings. The summed E-state index contributed by atoms with van der Waals surface area (Å²) >= 11 is 1.93. The third-order valence-corrected chi connectivity index (χ3v) is 5.42. The van der Waals surface area contributed by atoms with E-state index < -0.39 is 0 Å². The van der Waals surface area contributed by atoms with Crippen LogP contribution in [0.2, 0.25) is 0 Å². The zero-order valence-electron chi connectivity index (χ0n) is 13.4. The van der Waals surface area contributed by atoms with Crippen LogP contribution in [0.5, 0.6) is 0 Å². The van der Waals surface area contributed by atoms with Crippen LogP contribution in [-0.2, 0) is 9.53 Å². The van der Waals surface area contributed by atoms with Crippen molar-refractivity contribution in [2.75, 3.05) is 31.2 Å². The molecule has 0 radical (unpaired) electrons. The highest BCUT2D eigenvalue weighted by atomic mass is 35.5. The average Bonchev–Trinajstić information content (AvgIpc) is 2.56. The molecule has 3 unspecified atom stereocenters. The van der Waals surface area contributed by atoms with Gasteiger partial charge in [-0.3, -0.25) is 4.79 Å². The Morgan fingerprint density at radius 1 is 1.39 bits per heavy atom. The fourth-order valence-electron chi connectivity index (χ4n) is 3.11. The quantitative estimate of drug-likeness (QED) is 0.903. The highest BCUT2D eigenvalue weighted by Crippen LogP contribution is 2.27. The van der Waals surface area contributed by atoms with Crippen molar-refractivity contribution in [2.24, 2.45) is 0 Å². The maximum atomic E-state index is 12.8. The number of amides is 1. The topological polar surface area (TPSA) is 41.6 Å². The molecule has 128 valence electrons. The van der Waals surface area contributed by atoms with Crippen LogP contribution in [0.25, 0.3) is 0 Å². The van der Waals surface area contributed by atoms with Gasteiger partial charge < -0.3 is 15.0 Å². The van der Waals surface area contributed by atoms with E-state index in [-0.39, 0.29) is 30.5 Å². The molecule has 2 heterocycles. The third kappa shape index (κ3) is 4.86. The minimum atomic E-state index is 0. The van der Waals surface area contributed by atoms with Crippen molar-refractivity contribution in [2.45, 2.75) is 31.5 Å². The molecule has 2 aliphatic heterocycles. The Balaban J connectivity index is 0.00000192. The number of nitrogens with zero attached hydrogens (tertiary/aromatic N) is 1. The molecule has 4 nitrogen and oxygen atoms in total. The van der Waals surface area contributed by atoms with Crippen LogP contribution in [0.4, 0.5) is 0 Å². The molecule has 0 saturated carbocycles. The Morgan fingerprint density at radius 2 is 2.17 bits per heavy atom. The lowest BCUT2D eigenvalue weighted by molar-refractivity contribution is -0.145. The second-order valence-electron chi connectivity index (χ2n) is 6.05. The summed E-state index contributed by atoms with van der Waals surface area (Å²) in [6.45, 7) is 4.31. The summed E-state index contributed by atoms with van der Waals surface area (Å²) < 4.78 is 5.80. The number of carbonyl (C=O) groups is 1. The van der Waals surface area contributed by atoms with Crippen LogP contribution in [0.1, 0.15) is 24.9 Å². The minimum Gasteiger partial charge on any atom is -0.374 e. The number of benzene rings is 1. The molecule has 23 heavy (non-hydrogen) atoms. The first-order chi connectivity index (χ1) is 10.7. The number of thioether (sulfide) groups is 1. The molecule has 6 heteroatoms. The summed E-state index contributed by atoms with van der Waals surface area (Å²) in [5.41, 5.74) is 1.16. The van der Waals surface area contributed by atoms with Gasteiger partial charge in [-0.15, -0.1) is 12.4 Å². The highest BCUT2D eigenvalue weighted by Gasteiger charge is 2.32. The minimum absolute atomic E-state index is 0. The van der Waals surface area contributed by atoms with Gasteiger partial charge in [-0.05, 0) is 12.5 Å². The van der Waals surface area contributed by atoms with Crippen molar-refractivity contribution >= 4 is 30.1 Å². The fraction of sp³-hybridized carbons (Fsp3) is 0.588. The predicted octanol–water partition coefficient (Wildman–Crippen LogP) is 2.49. The summed E-state index contributed by atoms with van der Waals surface area (Å²) in [4.78, 5) is 14.8. The van der Waals surface area contributed by atoms with E-state index in [1.165, 1.54) is 0 Å². The second-order valence-corrected chi connectivity index (χ2v) is 7.20. The lowest BCUT2D eigenvalue weighted by Gasteiger charge is -2.40. The number of ether oxygens (including phenoxy) is 1. The molecule has 1 aromatic carbocycles. The lowest BCUT2D eigenvalue weighted by atomic mass is 10.0. The largest absolute Gasteiger partial charge is 0.374 e. The van der Waals surface area contributed by atoms with E-state index in [0.717, 1.165) is 23.6 Å². The Bertz CT molecular complexity index is 497. The Morgan fingerprint density at radius 3 is 2.87 bits per heavy atom. The predicted molar refractivity (Wildman–Crippen MR) is 97.3 cm³/mol.